The molecule has 2 N–H and O–H groups in total. The first-order valence-electron chi connectivity index (χ1n) is 5.28. The number of amides is 2. The molecule has 0 aromatic heterocycles. The van der Waals surface area contributed by atoms with Gasteiger partial charge < -0.3 is 10.1 Å². The van der Waals surface area contributed by atoms with Gasteiger partial charge in [-0.3, -0.25) is 4.84 Å². The highest BCUT2D eigenvalue weighted by Gasteiger charge is 2.29. The second-order valence-corrected chi connectivity index (χ2v) is 3.47. The Kier molecular flexibility index (Phi) is 5.58. The minimum atomic E-state index is -4.40. The minimum absolute atomic E-state index is 0.164. The Morgan fingerprint density at radius 2 is 1.84 bits per heavy atom. The Hall–Kier alpha value is -1.80. The van der Waals surface area contributed by atoms with Crippen LogP contribution in [-0.4, -0.2) is 26.4 Å². The fourth-order valence-electron chi connectivity index (χ4n) is 1.14. The van der Waals surface area contributed by atoms with E-state index in [2.05, 4.69) is 15.5 Å². The van der Waals surface area contributed by atoms with Crippen LogP contribution in [0.1, 0.15) is 5.56 Å². The first-order valence-corrected chi connectivity index (χ1v) is 5.28. The number of anilines is 1. The van der Waals surface area contributed by atoms with Crippen LogP contribution in [0.25, 0.3) is 0 Å². The molecule has 0 unspecified atom stereocenters. The molecule has 1 rings (SSSR count). The van der Waals surface area contributed by atoms with E-state index in [0.717, 1.165) is 24.3 Å². The van der Waals surface area contributed by atoms with E-state index in [1.807, 2.05) is 0 Å². The number of urea groups is 1. The lowest BCUT2D eigenvalue weighted by Crippen LogP contribution is -2.30. The largest absolute Gasteiger partial charge is 0.416 e. The molecule has 0 aliphatic heterocycles. The summed E-state index contributed by atoms with van der Waals surface area (Å²) in [5, 5.41) is 2.31. The fourth-order valence-corrected chi connectivity index (χ4v) is 1.14. The van der Waals surface area contributed by atoms with Gasteiger partial charge >= 0.3 is 12.2 Å². The molecule has 0 spiro atoms. The maximum atomic E-state index is 12.3. The van der Waals surface area contributed by atoms with Crippen LogP contribution >= 0.6 is 0 Å². The predicted octanol–water partition coefficient (Wildman–Crippen LogP) is 2.40. The Labute approximate surface area is 107 Å². The molecular weight excluding hydrogens is 265 g/mol. The number of alkyl halides is 3. The summed E-state index contributed by atoms with van der Waals surface area (Å²) in [7, 11) is 1.48. The van der Waals surface area contributed by atoms with Crippen molar-refractivity contribution in [2.24, 2.45) is 0 Å². The quantitative estimate of drug-likeness (QED) is 0.642. The second kappa shape index (κ2) is 6.95. The molecule has 1 aromatic rings. The van der Waals surface area contributed by atoms with Gasteiger partial charge in [0, 0.05) is 12.8 Å². The van der Waals surface area contributed by atoms with Crippen LogP contribution < -0.4 is 10.8 Å². The molecule has 0 bridgehead atoms. The van der Waals surface area contributed by atoms with Gasteiger partial charge in [0.2, 0.25) is 0 Å². The summed E-state index contributed by atoms with van der Waals surface area (Å²) < 4.78 is 41.6. The molecule has 0 heterocycles. The highest BCUT2D eigenvalue weighted by Crippen LogP contribution is 2.29. The van der Waals surface area contributed by atoms with Crippen molar-refractivity contribution in [3.8, 4) is 0 Å². The molecule has 0 radical (unpaired) electrons. The van der Waals surface area contributed by atoms with Gasteiger partial charge in [-0.05, 0) is 24.3 Å². The zero-order valence-corrected chi connectivity index (χ0v) is 10.1. The smallest absolute Gasteiger partial charge is 0.382 e. The van der Waals surface area contributed by atoms with Gasteiger partial charge in [-0.15, -0.1) is 0 Å². The van der Waals surface area contributed by atoms with Gasteiger partial charge in [0.15, 0.2) is 0 Å². The van der Waals surface area contributed by atoms with E-state index in [1.54, 1.807) is 0 Å². The van der Waals surface area contributed by atoms with Gasteiger partial charge in [-0.25, -0.2) is 10.3 Å². The van der Waals surface area contributed by atoms with E-state index < -0.39 is 17.8 Å². The van der Waals surface area contributed by atoms with Gasteiger partial charge in [0.05, 0.1) is 18.8 Å². The standard InChI is InChI=1S/C11H13F3N2O3/c1-18-6-7-19-16-10(17)15-9-4-2-8(3-5-9)11(12,13)14/h2-5H,6-7H2,1H3,(H2,15,16,17). The lowest BCUT2D eigenvalue weighted by atomic mass is 10.2. The van der Waals surface area contributed by atoms with Crippen molar-refractivity contribution in [1.29, 1.82) is 0 Å². The fraction of sp³-hybridized carbons (Fsp3) is 0.364. The van der Waals surface area contributed by atoms with Crippen LogP contribution in [0.4, 0.5) is 23.7 Å². The average molecular weight is 278 g/mol. The number of carbonyl (C=O) groups excluding carboxylic acids is 1. The lowest BCUT2D eigenvalue weighted by Gasteiger charge is -2.09. The third-order valence-corrected chi connectivity index (χ3v) is 2.02. The molecule has 0 saturated carbocycles. The number of nitrogens with one attached hydrogen (secondary N) is 2. The molecule has 0 saturated heterocycles. The Balaban J connectivity index is 2.43. The van der Waals surface area contributed by atoms with Crippen molar-refractivity contribution in [3.05, 3.63) is 29.8 Å². The first kappa shape index (κ1) is 15.3. The molecule has 0 aliphatic rings. The molecule has 0 fully saturated rings. The number of benzene rings is 1. The SMILES string of the molecule is COCCONC(=O)Nc1ccc(C(F)(F)F)cc1. The molecular formula is C11H13F3N2O3. The highest BCUT2D eigenvalue weighted by atomic mass is 19.4. The molecule has 8 heteroatoms. The normalized spacial score (nSPS) is 11.2. The maximum Gasteiger partial charge on any atom is 0.416 e. The van der Waals surface area contributed by atoms with E-state index in [0.29, 0.717) is 6.61 Å². The van der Waals surface area contributed by atoms with Gasteiger partial charge in [0.1, 0.15) is 0 Å². The number of hydroxylamine groups is 1. The topological polar surface area (TPSA) is 59.6 Å². The first-order chi connectivity index (χ1) is 8.93. The van der Waals surface area contributed by atoms with Crippen molar-refractivity contribution in [1.82, 2.24) is 5.48 Å². The zero-order chi connectivity index (χ0) is 14.3. The predicted molar refractivity (Wildman–Crippen MR) is 61.4 cm³/mol. The van der Waals surface area contributed by atoms with Crippen LogP contribution in [-0.2, 0) is 15.8 Å². The van der Waals surface area contributed by atoms with E-state index in [4.69, 9.17) is 4.84 Å². The van der Waals surface area contributed by atoms with Gasteiger partial charge in [-0.2, -0.15) is 13.2 Å². The highest BCUT2D eigenvalue weighted by molar-refractivity contribution is 5.88. The van der Waals surface area contributed by atoms with Crippen LogP contribution in [0, 0.1) is 0 Å². The Morgan fingerprint density at radius 1 is 1.21 bits per heavy atom. The summed E-state index contributed by atoms with van der Waals surface area (Å²) in [5.74, 6) is 0. The van der Waals surface area contributed by atoms with E-state index in [9.17, 15) is 18.0 Å². The number of rotatable bonds is 5. The van der Waals surface area contributed by atoms with Crippen molar-refractivity contribution in [3.63, 3.8) is 0 Å². The third-order valence-electron chi connectivity index (χ3n) is 2.02. The number of hydrogen-bond acceptors (Lipinski definition) is 3. The van der Waals surface area contributed by atoms with E-state index in [1.165, 1.54) is 7.11 Å². The van der Waals surface area contributed by atoms with Crippen molar-refractivity contribution in [2.45, 2.75) is 6.18 Å². The van der Waals surface area contributed by atoms with Crippen molar-refractivity contribution < 1.29 is 27.5 Å². The van der Waals surface area contributed by atoms with Crippen LogP contribution in [0.15, 0.2) is 24.3 Å². The molecule has 106 valence electrons. The van der Waals surface area contributed by atoms with Gasteiger partial charge in [-0.1, -0.05) is 0 Å². The van der Waals surface area contributed by atoms with Crippen molar-refractivity contribution >= 4 is 11.7 Å². The number of hydrogen-bond donors (Lipinski definition) is 2. The number of methoxy groups -OCH3 is 1. The summed E-state index contributed by atoms with van der Waals surface area (Å²) in [6.45, 7) is 0.470. The third kappa shape index (κ3) is 5.58. The second-order valence-electron chi connectivity index (χ2n) is 3.47. The molecule has 0 atom stereocenters. The van der Waals surface area contributed by atoms with E-state index in [-0.39, 0.29) is 12.3 Å². The zero-order valence-electron chi connectivity index (χ0n) is 10.1. The lowest BCUT2D eigenvalue weighted by molar-refractivity contribution is -0.137. The molecule has 5 nitrogen and oxygen atoms in total. The minimum Gasteiger partial charge on any atom is -0.382 e. The Bertz CT molecular complexity index is 407. The molecule has 0 aliphatic carbocycles. The summed E-state index contributed by atoms with van der Waals surface area (Å²) in [4.78, 5) is 16.0. The summed E-state index contributed by atoms with van der Waals surface area (Å²) in [6, 6.07) is 3.37. The maximum absolute atomic E-state index is 12.3. The van der Waals surface area contributed by atoms with Crippen LogP contribution in [0.5, 0.6) is 0 Å². The summed E-state index contributed by atoms with van der Waals surface area (Å²) >= 11 is 0. The van der Waals surface area contributed by atoms with Crippen molar-refractivity contribution in [2.75, 3.05) is 25.6 Å². The monoisotopic (exact) mass is 278 g/mol. The average Bonchev–Trinajstić information content (AvgIpc) is 2.34. The number of halogens is 3. The van der Waals surface area contributed by atoms with Crippen LogP contribution in [0.2, 0.25) is 0 Å². The number of ether oxygens (including phenoxy) is 1. The summed E-state index contributed by atoms with van der Waals surface area (Å²) in [5.41, 5.74) is 1.50. The van der Waals surface area contributed by atoms with Crippen LogP contribution in [0.3, 0.4) is 0 Å². The molecule has 1 aromatic carbocycles. The molecule has 2 amide bonds. The number of carbonyl (C=O) groups is 1. The summed E-state index contributed by atoms with van der Waals surface area (Å²) in [6.07, 6.45) is -4.40. The van der Waals surface area contributed by atoms with E-state index >= 15 is 0 Å². The Morgan fingerprint density at radius 3 is 2.37 bits per heavy atom. The molecule has 19 heavy (non-hydrogen) atoms. The van der Waals surface area contributed by atoms with Gasteiger partial charge in [0.25, 0.3) is 0 Å².